The summed E-state index contributed by atoms with van der Waals surface area (Å²) in [6, 6.07) is 15.0. The Morgan fingerprint density at radius 2 is 1.90 bits per heavy atom. The van der Waals surface area contributed by atoms with Gasteiger partial charge in [-0.1, -0.05) is 36.4 Å². The summed E-state index contributed by atoms with van der Waals surface area (Å²) in [5, 5.41) is 18.0. The smallest absolute Gasteiger partial charge is 0.274 e. The number of ether oxygens (including phenoxy) is 1. The quantitative estimate of drug-likeness (QED) is 0.200. The van der Waals surface area contributed by atoms with E-state index in [1.54, 1.807) is 25.2 Å². The number of nitrogens with zero attached hydrogens (tertiary/aromatic N) is 2. The molecule has 1 spiro atoms. The first-order valence-electron chi connectivity index (χ1n) is 10.1. The Kier molecular flexibility index (Phi) is 7.17. The first-order valence-corrected chi connectivity index (χ1v) is 10.1. The van der Waals surface area contributed by atoms with E-state index in [9.17, 15) is 10.1 Å². The molecule has 0 bridgehead atoms. The monoisotopic (exact) mass is 522 g/mol. The van der Waals surface area contributed by atoms with Crippen LogP contribution in [-0.4, -0.2) is 23.5 Å². The number of aliphatic imine (C=N–C) groups is 1. The molecule has 8 heteroatoms. The van der Waals surface area contributed by atoms with Crippen LogP contribution < -0.4 is 15.4 Å². The molecule has 7 nitrogen and oxygen atoms in total. The van der Waals surface area contributed by atoms with Gasteiger partial charge in [0.1, 0.15) is 11.4 Å². The molecule has 0 saturated heterocycles. The SMILES string of the molecule is CN=C(NCc1ccccc1[N+](=O)[O-])NC1CC2(CCCC2)Oc2ccccc21.I. The summed E-state index contributed by atoms with van der Waals surface area (Å²) >= 11 is 0. The summed E-state index contributed by atoms with van der Waals surface area (Å²) < 4.78 is 6.42. The highest BCUT2D eigenvalue weighted by atomic mass is 127. The summed E-state index contributed by atoms with van der Waals surface area (Å²) in [7, 11) is 1.71. The molecule has 2 aromatic carbocycles. The van der Waals surface area contributed by atoms with Crippen LogP contribution in [0.4, 0.5) is 5.69 Å². The van der Waals surface area contributed by atoms with Gasteiger partial charge in [0.2, 0.25) is 0 Å². The van der Waals surface area contributed by atoms with E-state index >= 15 is 0 Å². The molecule has 1 aliphatic carbocycles. The Morgan fingerprint density at radius 1 is 1.20 bits per heavy atom. The van der Waals surface area contributed by atoms with E-state index in [4.69, 9.17) is 4.74 Å². The second-order valence-electron chi connectivity index (χ2n) is 7.74. The minimum absolute atomic E-state index is 0. The van der Waals surface area contributed by atoms with Gasteiger partial charge in [0, 0.05) is 37.2 Å². The number of guanidine groups is 1. The van der Waals surface area contributed by atoms with Gasteiger partial charge in [0.15, 0.2) is 5.96 Å². The third kappa shape index (κ3) is 4.69. The predicted octanol–water partition coefficient (Wildman–Crippen LogP) is 4.71. The van der Waals surface area contributed by atoms with Crippen molar-refractivity contribution in [2.75, 3.05) is 7.05 Å². The van der Waals surface area contributed by atoms with E-state index in [0.717, 1.165) is 30.6 Å². The van der Waals surface area contributed by atoms with Crippen molar-refractivity contribution in [3.05, 3.63) is 69.8 Å². The van der Waals surface area contributed by atoms with Crippen molar-refractivity contribution in [3.8, 4) is 5.75 Å². The fourth-order valence-corrected chi connectivity index (χ4v) is 4.45. The summed E-state index contributed by atoms with van der Waals surface area (Å²) in [6.45, 7) is 0.326. The number of hydrogen-bond acceptors (Lipinski definition) is 4. The van der Waals surface area contributed by atoms with Gasteiger partial charge in [-0.25, -0.2) is 0 Å². The Bertz CT molecular complexity index is 928. The number of benzene rings is 2. The lowest BCUT2D eigenvalue weighted by Gasteiger charge is -2.40. The minimum Gasteiger partial charge on any atom is -0.487 e. The molecule has 2 aromatic rings. The third-order valence-electron chi connectivity index (χ3n) is 5.88. The Labute approximate surface area is 193 Å². The average Bonchev–Trinajstić information content (AvgIpc) is 3.18. The van der Waals surface area contributed by atoms with Gasteiger partial charge in [-0.3, -0.25) is 15.1 Å². The molecule has 0 amide bonds. The molecule has 1 unspecified atom stereocenters. The van der Waals surface area contributed by atoms with Crippen LogP contribution in [0.5, 0.6) is 5.75 Å². The maximum absolute atomic E-state index is 11.3. The van der Waals surface area contributed by atoms with Gasteiger partial charge >= 0.3 is 0 Å². The molecule has 0 radical (unpaired) electrons. The standard InChI is InChI=1S/C22H26N4O3.HI/c1-23-21(24-15-16-8-2-4-10-19(16)26(27)28)25-18-14-22(12-6-7-13-22)29-20-11-5-3-9-17(18)20;/h2-5,8-11,18H,6-7,12-15H2,1H3,(H2,23,24,25);1H. The highest BCUT2D eigenvalue weighted by Crippen LogP contribution is 2.46. The van der Waals surface area contributed by atoms with E-state index in [-0.39, 0.29) is 46.2 Å². The third-order valence-corrected chi connectivity index (χ3v) is 5.88. The zero-order chi connectivity index (χ0) is 20.3. The van der Waals surface area contributed by atoms with E-state index in [1.807, 2.05) is 18.2 Å². The highest BCUT2D eigenvalue weighted by molar-refractivity contribution is 14.0. The number of rotatable bonds is 4. The minimum atomic E-state index is -0.355. The lowest BCUT2D eigenvalue weighted by molar-refractivity contribution is -0.385. The van der Waals surface area contributed by atoms with Gasteiger partial charge in [-0.05, 0) is 31.7 Å². The Balaban J connectivity index is 0.00000256. The fraction of sp³-hybridized carbons (Fsp3) is 0.409. The molecular formula is C22H27IN4O3. The van der Waals surface area contributed by atoms with Crippen molar-refractivity contribution in [1.82, 2.24) is 10.6 Å². The maximum atomic E-state index is 11.3. The van der Waals surface area contributed by atoms with Crippen molar-refractivity contribution in [1.29, 1.82) is 0 Å². The van der Waals surface area contributed by atoms with E-state index < -0.39 is 0 Å². The van der Waals surface area contributed by atoms with Crippen LogP contribution in [0.2, 0.25) is 0 Å². The van der Waals surface area contributed by atoms with Crippen LogP contribution in [0.3, 0.4) is 0 Å². The van der Waals surface area contributed by atoms with Gasteiger partial charge in [0.05, 0.1) is 11.0 Å². The van der Waals surface area contributed by atoms with Crippen molar-refractivity contribution in [2.45, 2.75) is 50.3 Å². The largest absolute Gasteiger partial charge is 0.487 e. The second kappa shape index (κ2) is 9.63. The number of para-hydroxylation sites is 2. The van der Waals surface area contributed by atoms with E-state index in [0.29, 0.717) is 18.1 Å². The number of nitro benzene ring substituents is 1. The molecule has 4 rings (SSSR count). The zero-order valence-corrected chi connectivity index (χ0v) is 19.3. The van der Waals surface area contributed by atoms with E-state index in [1.165, 1.54) is 18.9 Å². The molecule has 160 valence electrons. The molecule has 30 heavy (non-hydrogen) atoms. The van der Waals surface area contributed by atoms with Crippen molar-refractivity contribution < 1.29 is 9.66 Å². The highest BCUT2D eigenvalue weighted by Gasteiger charge is 2.43. The molecule has 1 fully saturated rings. The second-order valence-corrected chi connectivity index (χ2v) is 7.74. The fourth-order valence-electron chi connectivity index (χ4n) is 4.45. The van der Waals surface area contributed by atoms with Crippen LogP contribution in [0, 0.1) is 10.1 Å². The maximum Gasteiger partial charge on any atom is 0.274 e. The van der Waals surface area contributed by atoms with Crippen molar-refractivity contribution >= 4 is 35.6 Å². The van der Waals surface area contributed by atoms with Crippen LogP contribution >= 0.6 is 24.0 Å². The van der Waals surface area contributed by atoms with Gasteiger partial charge in [0.25, 0.3) is 5.69 Å². The van der Waals surface area contributed by atoms with Gasteiger partial charge < -0.3 is 15.4 Å². The zero-order valence-electron chi connectivity index (χ0n) is 17.0. The first kappa shape index (κ1) is 22.3. The van der Waals surface area contributed by atoms with Gasteiger partial charge in [-0.15, -0.1) is 24.0 Å². The number of hydrogen-bond donors (Lipinski definition) is 2. The molecule has 2 aliphatic rings. The number of fused-ring (bicyclic) bond motifs is 1. The average molecular weight is 522 g/mol. The summed E-state index contributed by atoms with van der Waals surface area (Å²) in [6.07, 6.45) is 5.42. The number of nitro groups is 1. The van der Waals surface area contributed by atoms with E-state index in [2.05, 4.69) is 21.7 Å². The number of halogens is 1. The van der Waals surface area contributed by atoms with Crippen molar-refractivity contribution in [2.24, 2.45) is 4.99 Å². The normalized spacial score (nSPS) is 19.4. The lowest BCUT2D eigenvalue weighted by atomic mass is 9.86. The van der Waals surface area contributed by atoms with Crippen molar-refractivity contribution in [3.63, 3.8) is 0 Å². The molecule has 1 saturated carbocycles. The summed E-state index contributed by atoms with van der Waals surface area (Å²) in [5.41, 5.74) is 1.75. The van der Waals surface area contributed by atoms with Crippen LogP contribution in [0.15, 0.2) is 53.5 Å². The molecule has 1 atom stereocenters. The van der Waals surface area contributed by atoms with Gasteiger partial charge in [-0.2, -0.15) is 0 Å². The molecular weight excluding hydrogens is 495 g/mol. The Hall–Kier alpha value is -2.36. The summed E-state index contributed by atoms with van der Waals surface area (Å²) in [5.74, 6) is 1.56. The molecule has 2 N–H and O–H groups in total. The lowest BCUT2D eigenvalue weighted by Crippen LogP contribution is -2.46. The van der Waals surface area contributed by atoms with Crippen LogP contribution in [-0.2, 0) is 6.54 Å². The molecule has 1 heterocycles. The topological polar surface area (TPSA) is 88.8 Å². The predicted molar refractivity (Wildman–Crippen MR) is 127 cm³/mol. The summed E-state index contributed by atoms with van der Waals surface area (Å²) in [4.78, 5) is 15.2. The first-order chi connectivity index (χ1) is 14.1. The number of nitrogens with one attached hydrogen (secondary N) is 2. The van der Waals surface area contributed by atoms with Crippen LogP contribution in [0.25, 0.3) is 0 Å². The molecule has 0 aromatic heterocycles. The Morgan fingerprint density at radius 3 is 2.63 bits per heavy atom. The van der Waals surface area contributed by atoms with Crippen LogP contribution in [0.1, 0.15) is 49.3 Å². The molecule has 1 aliphatic heterocycles.